The van der Waals surface area contributed by atoms with Gasteiger partial charge < -0.3 is 18.6 Å². The molecule has 2 fully saturated rings. The van der Waals surface area contributed by atoms with Crippen LogP contribution in [0.25, 0.3) is 0 Å². The minimum Gasteiger partial charge on any atom is -0.455 e. The molecule has 2 aliphatic heterocycles. The molecule has 0 spiro atoms. The number of hydrogen-bond donors (Lipinski definition) is 0. The van der Waals surface area contributed by atoms with E-state index in [0.717, 1.165) is 17.9 Å². The molecule has 206 valence electrons. The smallest absolute Gasteiger partial charge is 0.305 e. The lowest BCUT2D eigenvalue weighted by molar-refractivity contribution is -0.195. The summed E-state index contributed by atoms with van der Waals surface area (Å²) in [5.74, 6) is 0.989. The predicted molar refractivity (Wildman–Crippen MR) is 156 cm³/mol. The van der Waals surface area contributed by atoms with Crippen LogP contribution in [0.3, 0.4) is 0 Å². The number of rotatable bonds is 8. The molecule has 2 aromatic rings. The molecule has 2 aromatic carbocycles. The molecule has 4 rings (SSSR count). The summed E-state index contributed by atoms with van der Waals surface area (Å²) in [7, 11) is -2.81. The van der Waals surface area contributed by atoms with Crippen molar-refractivity contribution in [3.8, 4) is 0 Å². The highest BCUT2D eigenvalue weighted by molar-refractivity contribution is 8.17. The zero-order valence-electron chi connectivity index (χ0n) is 22.8. The highest BCUT2D eigenvalue weighted by Crippen LogP contribution is 2.46. The van der Waals surface area contributed by atoms with Crippen LogP contribution in [0.15, 0.2) is 60.7 Å². The standard InChI is InChI=1S/C29H38O6S2Si/c1-20(30)33-26-25(28-36-17-12-18-37-28)24(35-27(26)34-21(2)31)19-32-38(29(3,4)5,22-13-8-6-9-14-22)23-15-10-7-11-16-23/h6-11,13-16,24-28H,12,17-19H2,1-5H3/t24-,25-,26-,27+/m1/s1. The van der Waals surface area contributed by atoms with Crippen molar-refractivity contribution in [1.82, 2.24) is 0 Å². The van der Waals surface area contributed by atoms with Crippen molar-refractivity contribution in [3.05, 3.63) is 60.7 Å². The van der Waals surface area contributed by atoms with Crippen LogP contribution in [0.2, 0.25) is 5.04 Å². The maximum absolute atomic E-state index is 12.1. The summed E-state index contributed by atoms with van der Waals surface area (Å²) in [5, 5.41) is 2.17. The molecule has 0 bridgehead atoms. The van der Waals surface area contributed by atoms with Crippen LogP contribution in [0.5, 0.6) is 0 Å². The monoisotopic (exact) mass is 574 g/mol. The number of esters is 2. The van der Waals surface area contributed by atoms with E-state index in [1.165, 1.54) is 24.2 Å². The Hall–Kier alpha value is -1.78. The summed E-state index contributed by atoms with van der Waals surface area (Å²) in [6, 6.07) is 20.9. The van der Waals surface area contributed by atoms with Crippen LogP contribution < -0.4 is 10.4 Å². The Morgan fingerprint density at radius 2 is 1.42 bits per heavy atom. The number of ether oxygens (including phenoxy) is 3. The molecule has 0 aliphatic carbocycles. The average Bonchev–Trinajstić information content (AvgIpc) is 3.20. The number of carbonyl (C=O) groups excluding carboxylic acids is 2. The first-order chi connectivity index (χ1) is 18.1. The van der Waals surface area contributed by atoms with Gasteiger partial charge in [-0.25, -0.2) is 0 Å². The Kier molecular flexibility index (Phi) is 9.68. The molecule has 0 saturated carbocycles. The fourth-order valence-corrected chi connectivity index (χ4v) is 13.4. The highest BCUT2D eigenvalue weighted by Gasteiger charge is 2.55. The summed E-state index contributed by atoms with van der Waals surface area (Å²) in [4.78, 5) is 24.1. The third kappa shape index (κ3) is 6.33. The van der Waals surface area contributed by atoms with Gasteiger partial charge in [0.25, 0.3) is 8.32 Å². The van der Waals surface area contributed by atoms with E-state index in [-0.39, 0.29) is 15.5 Å². The van der Waals surface area contributed by atoms with Crippen molar-refractivity contribution in [3.63, 3.8) is 0 Å². The van der Waals surface area contributed by atoms with Crippen molar-refractivity contribution < 1.29 is 28.2 Å². The van der Waals surface area contributed by atoms with Gasteiger partial charge in [-0.1, -0.05) is 81.4 Å². The van der Waals surface area contributed by atoms with E-state index in [1.54, 1.807) is 0 Å². The van der Waals surface area contributed by atoms with Crippen molar-refractivity contribution in [2.75, 3.05) is 18.1 Å². The Morgan fingerprint density at radius 3 is 1.89 bits per heavy atom. The molecule has 0 amide bonds. The molecule has 6 nitrogen and oxygen atoms in total. The summed E-state index contributed by atoms with van der Waals surface area (Å²) in [6.45, 7) is 9.74. The molecule has 38 heavy (non-hydrogen) atoms. The molecule has 0 aromatic heterocycles. The number of thioether (sulfide) groups is 2. The van der Waals surface area contributed by atoms with E-state index in [4.69, 9.17) is 18.6 Å². The van der Waals surface area contributed by atoms with Crippen LogP contribution >= 0.6 is 23.5 Å². The van der Waals surface area contributed by atoms with Gasteiger partial charge in [-0.3, -0.25) is 9.59 Å². The third-order valence-corrected chi connectivity index (χ3v) is 15.2. The summed E-state index contributed by atoms with van der Waals surface area (Å²) < 4.78 is 25.0. The zero-order valence-corrected chi connectivity index (χ0v) is 25.4. The van der Waals surface area contributed by atoms with E-state index < -0.39 is 38.8 Å². The minimum absolute atomic E-state index is 0.140. The first kappa shape index (κ1) is 29.2. The van der Waals surface area contributed by atoms with E-state index in [9.17, 15) is 9.59 Å². The van der Waals surface area contributed by atoms with Gasteiger partial charge in [0.05, 0.1) is 23.2 Å². The molecule has 0 N–H and O–H groups in total. The molecule has 4 atom stereocenters. The van der Waals surface area contributed by atoms with Gasteiger partial charge in [-0.2, -0.15) is 0 Å². The lowest BCUT2D eigenvalue weighted by atomic mass is 10.0. The minimum atomic E-state index is -2.81. The maximum Gasteiger partial charge on any atom is 0.305 e. The normalized spacial score (nSPS) is 24.7. The van der Waals surface area contributed by atoms with Gasteiger partial charge in [0, 0.05) is 13.8 Å². The van der Waals surface area contributed by atoms with E-state index in [2.05, 4.69) is 69.3 Å². The number of hydrogen-bond acceptors (Lipinski definition) is 8. The molecule has 0 radical (unpaired) electrons. The molecule has 0 unspecified atom stereocenters. The van der Waals surface area contributed by atoms with E-state index in [0.29, 0.717) is 6.61 Å². The fourth-order valence-electron chi connectivity index (χ4n) is 5.50. The second kappa shape index (κ2) is 12.6. The summed E-state index contributed by atoms with van der Waals surface area (Å²) in [6.07, 6.45) is -0.924. The molecule has 9 heteroatoms. The lowest BCUT2D eigenvalue weighted by Crippen LogP contribution is -2.67. The Morgan fingerprint density at radius 1 is 0.895 bits per heavy atom. The molecular formula is C29H38O6S2Si. The van der Waals surface area contributed by atoms with Gasteiger partial charge in [0.1, 0.15) is 0 Å². The third-order valence-electron chi connectivity index (χ3n) is 7.02. The Labute approximate surface area is 235 Å². The van der Waals surface area contributed by atoms with Crippen molar-refractivity contribution in [2.24, 2.45) is 5.92 Å². The highest BCUT2D eigenvalue weighted by atomic mass is 32.2. The molecule has 2 heterocycles. The van der Waals surface area contributed by atoms with Crippen LogP contribution in [0.4, 0.5) is 0 Å². The SMILES string of the molecule is CC(=O)O[C@H]1O[C@H](CO[Si](c2ccccc2)(c2ccccc2)C(C)(C)C)[C@@H](C2SCCCS2)[C@H]1OC(C)=O. The zero-order chi connectivity index (χ0) is 27.3. The van der Waals surface area contributed by atoms with Gasteiger partial charge in [-0.05, 0) is 33.3 Å². The summed E-state index contributed by atoms with van der Waals surface area (Å²) in [5.41, 5.74) is 0. The molecule has 2 saturated heterocycles. The average molecular weight is 575 g/mol. The number of benzene rings is 2. The van der Waals surface area contributed by atoms with E-state index in [1.807, 2.05) is 35.7 Å². The van der Waals surface area contributed by atoms with Crippen molar-refractivity contribution in [1.29, 1.82) is 0 Å². The quantitative estimate of drug-likeness (QED) is 0.335. The van der Waals surface area contributed by atoms with Crippen LogP contribution in [0.1, 0.15) is 41.0 Å². The van der Waals surface area contributed by atoms with Crippen LogP contribution in [0, 0.1) is 5.92 Å². The van der Waals surface area contributed by atoms with Crippen LogP contribution in [-0.4, -0.2) is 61.4 Å². The maximum atomic E-state index is 12.1. The lowest BCUT2D eigenvalue weighted by Gasteiger charge is -2.44. The van der Waals surface area contributed by atoms with Gasteiger partial charge >= 0.3 is 11.9 Å². The first-order valence-electron chi connectivity index (χ1n) is 13.1. The second-order valence-corrected chi connectivity index (χ2v) is 17.8. The molecular weight excluding hydrogens is 537 g/mol. The molecule has 2 aliphatic rings. The fraction of sp³-hybridized carbons (Fsp3) is 0.517. The Balaban J connectivity index is 1.73. The first-order valence-corrected chi connectivity index (χ1v) is 17.1. The predicted octanol–water partition coefficient (Wildman–Crippen LogP) is 4.60. The van der Waals surface area contributed by atoms with Gasteiger partial charge in [-0.15, -0.1) is 23.5 Å². The van der Waals surface area contributed by atoms with Gasteiger partial charge in [0.15, 0.2) is 6.10 Å². The van der Waals surface area contributed by atoms with Gasteiger partial charge in [0.2, 0.25) is 6.29 Å². The second-order valence-electron chi connectivity index (χ2n) is 10.7. The van der Waals surface area contributed by atoms with Crippen molar-refractivity contribution >= 4 is 54.2 Å². The summed E-state index contributed by atoms with van der Waals surface area (Å²) >= 11 is 3.71. The Bertz CT molecular complexity index is 1030. The topological polar surface area (TPSA) is 71.1 Å². The van der Waals surface area contributed by atoms with E-state index >= 15 is 0 Å². The van der Waals surface area contributed by atoms with Crippen LogP contribution in [-0.2, 0) is 28.2 Å². The number of carbonyl (C=O) groups is 2. The van der Waals surface area contributed by atoms with Crippen molar-refractivity contribution in [2.45, 2.75) is 69.2 Å². The largest absolute Gasteiger partial charge is 0.455 e.